The molecule has 1 aliphatic heterocycles. The van der Waals surface area contributed by atoms with Gasteiger partial charge in [0.25, 0.3) is 0 Å². The Balaban J connectivity index is 0.00000169. The van der Waals surface area contributed by atoms with Crippen LogP contribution in [0.3, 0.4) is 0 Å². The van der Waals surface area contributed by atoms with E-state index in [2.05, 4.69) is 18.3 Å². The Morgan fingerprint density at radius 3 is 2.75 bits per heavy atom. The number of hydrogen-bond donors (Lipinski definition) is 3. The van der Waals surface area contributed by atoms with Crippen LogP contribution in [0.25, 0.3) is 0 Å². The summed E-state index contributed by atoms with van der Waals surface area (Å²) in [5.74, 6) is 0.124. The van der Waals surface area contributed by atoms with Gasteiger partial charge in [0.1, 0.15) is 0 Å². The topological polar surface area (TPSA) is 69.6 Å². The second kappa shape index (κ2) is 6.26. The first-order valence-corrected chi connectivity index (χ1v) is 8.36. The first-order valence-electron chi connectivity index (χ1n) is 8.36. The number of rotatable bonds is 2. The van der Waals surface area contributed by atoms with Crippen LogP contribution in [0, 0.1) is 0 Å². The molecule has 0 saturated heterocycles. The van der Waals surface area contributed by atoms with Crippen LogP contribution >= 0.6 is 12.4 Å². The molecule has 24 heavy (non-hydrogen) atoms. The van der Waals surface area contributed by atoms with Gasteiger partial charge in [0.2, 0.25) is 0 Å². The van der Waals surface area contributed by atoms with Gasteiger partial charge in [0.15, 0.2) is 17.3 Å². The zero-order valence-electron chi connectivity index (χ0n) is 13.6. The van der Waals surface area contributed by atoms with E-state index in [0.717, 1.165) is 53.5 Å². The molecule has 0 aromatic heterocycles. The van der Waals surface area contributed by atoms with E-state index in [0.29, 0.717) is 6.54 Å². The summed E-state index contributed by atoms with van der Waals surface area (Å²) < 4.78 is 0. The minimum Gasteiger partial charge on any atom is -0.504 e. The Hall–Kier alpha value is -1.78. The van der Waals surface area contributed by atoms with Crippen LogP contribution in [0.1, 0.15) is 43.2 Å². The molecule has 4 rings (SSSR count). The standard InChI is InChI=1S/C19H21NO3.ClH/c1-2-3-11-6-13-14(19(11)23)9-20-15-5-4-10-7-16(21)17(22)8-12(10)18(13)15;/h6-8,15,18,20-22H,2-5,9H2,1H3;1H/t15-,18+;/m0./s1. The predicted molar refractivity (Wildman–Crippen MR) is 94.9 cm³/mol. The van der Waals surface area contributed by atoms with Crippen LogP contribution < -0.4 is 5.32 Å². The average Bonchev–Trinajstić information content (AvgIpc) is 2.85. The van der Waals surface area contributed by atoms with Crippen LogP contribution in [0.15, 0.2) is 34.9 Å². The van der Waals surface area contributed by atoms with E-state index in [1.165, 1.54) is 0 Å². The first-order chi connectivity index (χ1) is 11.1. The van der Waals surface area contributed by atoms with Crippen molar-refractivity contribution in [1.82, 2.24) is 5.32 Å². The molecule has 2 aliphatic carbocycles. The number of ketones is 1. The molecule has 0 fully saturated rings. The van der Waals surface area contributed by atoms with Crippen molar-refractivity contribution < 1.29 is 15.0 Å². The molecule has 0 spiro atoms. The van der Waals surface area contributed by atoms with Crippen molar-refractivity contribution in [3.05, 3.63) is 46.1 Å². The minimum atomic E-state index is -0.0841. The highest BCUT2D eigenvalue weighted by molar-refractivity contribution is 6.13. The summed E-state index contributed by atoms with van der Waals surface area (Å²) in [5, 5.41) is 23.2. The van der Waals surface area contributed by atoms with Crippen LogP contribution in [-0.2, 0) is 11.2 Å². The fourth-order valence-electron chi connectivity index (χ4n) is 4.25. The summed E-state index contributed by atoms with van der Waals surface area (Å²) in [6.07, 6.45) is 5.71. The summed E-state index contributed by atoms with van der Waals surface area (Å²) in [6, 6.07) is 3.63. The maximum Gasteiger partial charge on any atom is 0.186 e. The number of phenols is 2. The van der Waals surface area contributed by atoms with E-state index < -0.39 is 0 Å². The molecule has 2 atom stereocenters. The quantitative estimate of drug-likeness (QED) is 0.719. The lowest BCUT2D eigenvalue weighted by Crippen LogP contribution is -2.44. The predicted octanol–water partition coefficient (Wildman–Crippen LogP) is 3.13. The summed E-state index contributed by atoms with van der Waals surface area (Å²) in [5.41, 5.74) is 5.03. The van der Waals surface area contributed by atoms with Crippen LogP contribution in [0.2, 0.25) is 0 Å². The maximum absolute atomic E-state index is 12.6. The van der Waals surface area contributed by atoms with Crippen molar-refractivity contribution in [2.24, 2.45) is 0 Å². The third-order valence-electron chi connectivity index (χ3n) is 5.34. The number of nitrogens with one attached hydrogen (secondary N) is 1. The number of benzene rings is 1. The zero-order chi connectivity index (χ0) is 16.1. The lowest BCUT2D eigenvalue weighted by Gasteiger charge is -2.38. The second-order valence-corrected chi connectivity index (χ2v) is 6.73. The number of Topliss-reactive ketones (excluding diaryl/α,β-unsaturated/α-hetero) is 1. The number of hydrogen-bond acceptors (Lipinski definition) is 4. The van der Waals surface area contributed by atoms with E-state index in [1.54, 1.807) is 12.1 Å². The number of phenolic OH excluding ortho intramolecular Hbond substituents is 2. The highest BCUT2D eigenvalue weighted by Gasteiger charge is 2.40. The summed E-state index contributed by atoms with van der Waals surface area (Å²) in [4.78, 5) is 12.6. The normalized spacial score (nSPS) is 24.7. The van der Waals surface area contributed by atoms with E-state index in [1.807, 2.05) is 0 Å². The van der Waals surface area contributed by atoms with Crippen molar-refractivity contribution in [1.29, 1.82) is 0 Å². The van der Waals surface area contributed by atoms with Crippen LogP contribution in [-0.4, -0.2) is 28.6 Å². The molecule has 0 saturated carbocycles. The van der Waals surface area contributed by atoms with E-state index in [4.69, 9.17) is 0 Å². The van der Waals surface area contributed by atoms with E-state index in [-0.39, 0.29) is 41.6 Å². The van der Waals surface area contributed by atoms with Gasteiger partial charge in [-0.1, -0.05) is 19.4 Å². The van der Waals surface area contributed by atoms with Gasteiger partial charge in [-0.3, -0.25) is 4.79 Å². The minimum absolute atomic E-state index is 0. The molecule has 3 aliphatic rings. The van der Waals surface area contributed by atoms with Gasteiger partial charge in [-0.2, -0.15) is 0 Å². The van der Waals surface area contributed by atoms with Gasteiger partial charge >= 0.3 is 0 Å². The zero-order valence-corrected chi connectivity index (χ0v) is 14.4. The van der Waals surface area contributed by atoms with Crippen molar-refractivity contribution in [2.75, 3.05) is 6.54 Å². The largest absolute Gasteiger partial charge is 0.504 e. The Morgan fingerprint density at radius 1 is 1.25 bits per heavy atom. The molecule has 0 amide bonds. The Bertz CT molecular complexity index is 766. The summed E-state index contributed by atoms with van der Waals surface area (Å²) >= 11 is 0. The molecule has 128 valence electrons. The summed E-state index contributed by atoms with van der Waals surface area (Å²) in [6.45, 7) is 2.72. The van der Waals surface area contributed by atoms with Crippen molar-refractivity contribution in [3.63, 3.8) is 0 Å². The summed E-state index contributed by atoms with van der Waals surface area (Å²) in [7, 11) is 0. The van der Waals surface area contributed by atoms with Gasteiger partial charge in [0, 0.05) is 29.7 Å². The molecule has 0 radical (unpaired) electrons. The highest BCUT2D eigenvalue weighted by Crippen LogP contribution is 2.46. The number of halogens is 1. The van der Waals surface area contributed by atoms with E-state index >= 15 is 0 Å². The maximum atomic E-state index is 12.6. The van der Waals surface area contributed by atoms with Crippen LogP contribution in [0.4, 0.5) is 0 Å². The van der Waals surface area contributed by atoms with Crippen molar-refractivity contribution in [3.8, 4) is 11.5 Å². The molecule has 1 aromatic carbocycles. The molecule has 0 bridgehead atoms. The van der Waals surface area contributed by atoms with Gasteiger partial charge in [-0.15, -0.1) is 12.4 Å². The smallest absolute Gasteiger partial charge is 0.186 e. The van der Waals surface area contributed by atoms with Crippen LogP contribution in [0.5, 0.6) is 11.5 Å². The monoisotopic (exact) mass is 347 g/mol. The average molecular weight is 348 g/mol. The number of carbonyl (C=O) groups is 1. The Kier molecular flexibility index (Phi) is 4.45. The lowest BCUT2D eigenvalue weighted by atomic mass is 9.72. The highest BCUT2D eigenvalue weighted by atomic mass is 35.5. The fourth-order valence-corrected chi connectivity index (χ4v) is 4.25. The number of aryl methyl sites for hydroxylation is 1. The van der Waals surface area contributed by atoms with Gasteiger partial charge in [0.05, 0.1) is 0 Å². The van der Waals surface area contributed by atoms with Crippen molar-refractivity contribution in [2.45, 2.75) is 44.6 Å². The van der Waals surface area contributed by atoms with Gasteiger partial charge in [-0.25, -0.2) is 0 Å². The molecule has 3 N–H and O–H groups in total. The van der Waals surface area contributed by atoms with Crippen molar-refractivity contribution >= 4 is 18.2 Å². The molecule has 1 aromatic rings. The molecule has 4 nitrogen and oxygen atoms in total. The number of carbonyl (C=O) groups excluding carboxylic acids is 1. The number of allylic oxidation sites excluding steroid dienone is 2. The number of aromatic hydroxyl groups is 2. The SMILES string of the molecule is CCCC1=CC2=C(CN[C@H]3CCc4cc(O)c(O)cc4[C@H]23)C1=O.Cl. The fraction of sp³-hybridized carbons (Fsp3) is 0.421. The second-order valence-electron chi connectivity index (χ2n) is 6.73. The first kappa shape index (κ1) is 17.1. The Labute approximate surface area is 147 Å². The molecular weight excluding hydrogens is 326 g/mol. The third-order valence-corrected chi connectivity index (χ3v) is 5.34. The molecular formula is C19H22ClNO3. The van der Waals surface area contributed by atoms with E-state index in [9.17, 15) is 15.0 Å². The van der Waals surface area contributed by atoms with Gasteiger partial charge in [-0.05, 0) is 48.1 Å². The molecule has 5 heteroatoms. The van der Waals surface area contributed by atoms with Gasteiger partial charge < -0.3 is 15.5 Å². The Morgan fingerprint density at radius 2 is 2.00 bits per heavy atom. The lowest BCUT2D eigenvalue weighted by molar-refractivity contribution is -0.112. The number of fused-ring (bicyclic) bond motifs is 4. The third kappa shape index (κ3) is 2.45. The molecule has 0 unspecified atom stereocenters. The molecule has 1 heterocycles.